The first-order valence-electron chi connectivity index (χ1n) is 4.60. The summed E-state index contributed by atoms with van der Waals surface area (Å²) in [5, 5.41) is 1.76. The molecular formula is C13H8O. The van der Waals surface area contributed by atoms with E-state index in [9.17, 15) is 4.79 Å². The van der Waals surface area contributed by atoms with E-state index in [1.165, 1.54) is 0 Å². The number of hydrogen-bond donors (Lipinski definition) is 0. The van der Waals surface area contributed by atoms with Crippen LogP contribution in [0.5, 0.6) is 0 Å². The highest BCUT2D eigenvalue weighted by Crippen LogP contribution is 2.24. The van der Waals surface area contributed by atoms with Gasteiger partial charge in [0, 0.05) is 10.8 Å². The van der Waals surface area contributed by atoms with Crippen LogP contribution < -0.4 is 5.43 Å². The molecule has 0 spiro atoms. The van der Waals surface area contributed by atoms with Crippen LogP contribution in [0.3, 0.4) is 0 Å². The molecule has 0 atom stereocenters. The average Bonchev–Trinajstić information content (AvgIpc) is 2.91. The number of fused-ring (bicyclic) bond motifs is 1. The van der Waals surface area contributed by atoms with E-state index in [-0.39, 0.29) is 5.43 Å². The SMILES string of the molecule is O=c1c2ccc(-c3ccccc3)cc12. The molecule has 0 aliphatic heterocycles. The Labute approximate surface area is 81.3 Å². The van der Waals surface area contributed by atoms with Gasteiger partial charge in [0.15, 0.2) is 5.43 Å². The van der Waals surface area contributed by atoms with Gasteiger partial charge >= 0.3 is 0 Å². The molecule has 0 N–H and O–H groups in total. The maximum atomic E-state index is 11.1. The predicted octanol–water partition coefficient (Wildman–Crippen LogP) is 2.74. The summed E-state index contributed by atoms with van der Waals surface area (Å²) in [5.41, 5.74) is 2.48. The zero-order valence-corrected chi connectivity index (χ0v) is 7.53. The highest BCUT2D eigenvalue weighted by atomic mass is 16.1. The molecule has 3 rings (SSSR count). The van der Waals surface area contributed by atoms with Gasteiger partial charge in [-0.15, -0.1) is 0 Å². The van der Waals surface area contributed by atoms with E-state index < -0.39 is 0 Å². The highest BCUT2D eigenvalue weighted by molar-refractivity contribution is 5.99. The Kier molecular flexibility index (Phi) is 1.37. The molecule has 3 aromatic carbocycles. The fourth-order valence-electron chi connectivity index (χ4n) is 1.69. The van der Waals surface area contributed by atoms with Crippen molar-refractivity contribution in [3.8, 4) is 11.1 Å². The summed E-state index contributed by atoms with van der Waals surface area (Å²) in [5.74, 6) is 0. The van der Waals surface area contributed by atoms with Crippen molar-refractivity contribution in [1.29, 1.82) is 0 Å². The molecule has 0 amide bonds. The van der Waals surface area contributed by atoms with Crippen molar-refractivity contribution >= 4 is 10.8 Å². The van der Waals surface area contributed by atoms with Crippen molar-refractivity contribution < 1.29 is 0 Å². The topological polar surface area (TPSA) is 17.1 Å². The Morgan fingerprint density at radius 2 is 1.50 bits per heavy atom. The largest absolute Gasteiger partial charge is 0.289 e. The van der Waals surface area contributed by atoms with Crippen molar-refractivity contribution in [2.75, 3.05) is 0 Å². The molecule has 0 aliphatic carbocycles. The van der Waals surface area contributed by atoms with Crippen LogP contribution in [-0.2, 0) is 0 Å². The van der Waals surface area contributed by atoms with E-state index in [2.05, 4.69) is 12.1 Å². The monoisotopic (exact) mass is 180 g/mol. The van der Waals surface area contributed by atoms with Crippen molar-refractivity contribution in [2.45, 2.75) is 0 Å². The van der Waals surface area contributed by atoms with E-state index in [0.29, 0.717) is 0 Å². The van der Waals surface area contributed by atoms with Gasteiger partial charge in [0.1, 0.15) is 0 Å². The maximum Gasteiger partial charge on any atom is 0.194 e. The summed E-state index contributed by atoms with van der Waals surface area (Å²) in [7, 11) is 0. The van der Waals surface area contributed by atoms with E-state index in [0.717, 1.165) is 21.9 Å². The van der Waals surface area contributed by atoms with Crippen LogP contribution in [0.25, 0.3) is 21.9 Å². The molecule has 0 fully saturated rings. The number of benzene rings is 2. The fraction of sp³-hybridized carbons (Fsp3) is 0. The minimum atomic E-state index is 0.201. The summed E-state index contributed by atoms with van der Waals surface area (Å²) >= 11 is 0. The second-order valence-electron chi connectivity index (χ2n) is 3.46. The van der Waals surface area contributed by atoms with Crippen molar-refractivity contribution in [3.63, 3.8) is 0 Å². The molecule has 0 unspecified atom stereocenters. The van der Waals surface area contributed by atoms with Crippen LogP contribution in [0, 0.1) is 0 Å². The zero-order chi connectivity index (χ0) is 9.54. The molecule has 0 saturated carbocycles. The van der Waals surface area contributed by atoms with Gasteiger partial charge in [0.25, 0.3) is 0 Å². The second-order valence-corrected chi connectivity index (χ2v) is 3.46. The molecule has 0 bridgehead atoms. The molecule has 0 heterocycles. The summed E-state index contributed by atoms with van der Waals surface area (Å²) in [6, 6.07) is 16.0. The summed E-state index contributed by atoms with van der Waals surface area (Å²) in [6.07, 6.45) is 0. The lowest BCUT2D eigenvalue weighted by molar-refractivity contribution is 1.66. The standard InChI is InChI=1S/C13H8O/c14-13-11-7-6-10(8-12(11)13)9-4-2-1-3-5-9/h1-8H. The fourth-order valence-corrected chi connectivity index (χ4v) is 1.69. The van der Waals surface area contributed by atoms with Gasteiger partial charge in [0.2, 0.25) is 0 Å². The van der Waals surface area contributed by atoms with Crippen molar-refractivity contribution in [2.24, 2.45) is 0 Å². The van der Waals surface area contributed by atoms with Crippen LogP contribution in [-0.4, -0.2) is 0 Å². The Balaban J connectivity index is 2.19. The molecule has 0 aliphatic rings. The minimum Gasteiger partial charge on any atom is -0.289 e. The van der Waals surface area contributed by atoms with Crippen LogP contribution >= 0.6 is 0 Å². The summed E-state index contributed by atoms with van der Waals surface area (Å²) in [4.78, 5) is 11.1. The third-order valence-electron chi connectivity index (χ3n) is 2.55. The highest BCUT2D eigenvalue weighted by Gasteiger charge is 2.11. The third-order valence-corrected chi connectivity index (χ3v) is 2.55. The third kappa shape index (κ3) is 0.990. The molecule has 14 heavy (non-hydrogen) atoms. The normalized spacial score (nSPS) is 11.1. The molecule has 66 valence electrons. The van der Waals surface area contributed by atoms with Gasteiger partial charge in [-0.25, -0.2) is 0 Å². The van der Waals surface area contributed by atoms with E-state index >= 15 is 0 Å². The van der Waals surface area contributed by atoms with Crippen molar-refractivity contribution in [1.82, 2.24) is 0 Å². The Morgan fingerprint density at radius 1 is 0.714 bits per heavy atom. The van der Waals surface area contributed by atoms with Gasteiger partial charge in [-0.2, -0.15) is 0 Å². The molecule has 0 radical (unpaired) electrons. The lowest BCUT2D eigenvalue weighted by Gasteiger charge is -1.97. The zero-order valence-electron chi connectivity index (χ0n) is 7.53. The predicted molar refractivity (Wildman–Crippen MR) is 58.0 cm³/mol. The smallest absolute Gasteiger partial charge is 0.194 e. The molecule has 1 heteroatoms. The van der Waals surface area contributed by atoms with Gasteiger partial charge < -0.3 is 0 Å². The Bertz CT molecular complexity index is 598. The average molecular weight is 180 g/mol. The Morgan fingerprint density at radius 3 is 2.21 bits per heavy atom. The molecule has 0 saturated heterocycles. The molecule has 3 aromatic rings. The minimum absolute atomic E-state index is 0.201. The van der Waals surface area contributed by atoms with Gasteiger partial charge in [-0.1, -0.05) is 36.4 Å². The molecule has 1 nitrogen and oxygen atoms in total. The van der Waals surface area contributed by atoms with Gasteiger partial charge in [-0.3, -0.25) is 4.79 Å². The Hall–Kier alpha value is -1.89. The van der Waals surface area contributed by atoms with Gasteiger partial charge in [-0.05, 0) is 23.3 Å². The summed E-state index contributed by atoms with van der Waals surface area (Å²) in [6.45, 7) is 0. The second kappa shape index (κ2) is 2.55. The van der Waals surface area contributed by atoms with Crippen LogP contribution in [0.2, 0.25) is 0 Å². The van der Waals surface area contributed by atoms with Crippen LogP contribution in [0.1, 0.15) is 0 Å². The molecular weight excluding hydrogens is 172 g/mol. The van der Waals surface area contributed by atoms with E-state index in [1.54, 1.807) is 0 Å². The lowest BCUT2D eigenvalue weighted by Crippen LogP contribution is -1.73. The summed E-state index contributed by atoms with van der Waals surface area (Å²) < 4.78 is 0. The molecule has 0 aromatic heterocycles. The van der Waals surface area contributed by atoms with E-state index in [4.69, 9.17) is 0 Å². The van der Waals surface area contributed by atoms with Crippen LogP contribution in [0.15, 0.2) is 53.3 Å². The van der Waals surface area contributed by atoms with E-state index in [1.807, 2.05) is 36.4 Å². The van der Waals surface area contributed by atoms with Gasteiger partial charge in [0.05, 0.1) is 0 Å². The maximum absolute atomic E-state index is 11.1. The quantitative estimate of drug-likeness (QED) is 0.562. The number of hydrogen-bond acceptors (Lipinski definition) is 1. The first-order chi connectivity index (χ1) is 6.86. The first kappa shape index (κ1) is 7.51. The first-order valence-corrected chi connectivity index (χ1v) is 4.60. The van der Waals surface area contributed by atoms with Crippen LogP contribution in [0.4, 0.5) is 0 Å². The van der Waals surface area contributed by atoms with Crippen molar-refractivity contribution in [3.05, 3.63) is 58.8 Å². The number of rotatable bonds is 1. The lowest BCUT2D eigenvalue weighted by atomic mass is 10.1.